The topological polar surface area (TPSA) is 94.1 Å². The summed E-state index contributed by atoms with van der Waals surface area (Å²) in [6.07, 6.45) is 0.372. The molecule has 2 aromatic carbocycles. The number of nitrogens with one attached hydrogen (secondary N) is 1. The van der Waals surface area contributed by atoms with Crippen LogP contribution in [0.2, 0.25) is 0 Å². The van der Waals surface area contributed by atoms with Gasteiger partial charge < -0.3 is 24.6 Å². The highest BCUT2D eigenvalue weighted by molar-refractivity contribution is 5.96. The van der Waals surface area contributed by atoms with Crippen LogP contribution < -0.4 is 19.5 Å². The van der Waals surface area contributed by atoms with Gasteiger partial charge in [0.05, 0.1) is 32.5 Å². The van der Waals surface area contributed by atoms with E-state index in [2.05, 4.69) is 5.32 Å². The van der Waals surface area contributed by atoms with Crippen LogP contribution in [0.4, 0.5) is 4.39 Å². The molecule has 2 N–H and O–H groups in total. The summed E-state index contributed by atoms with van der Waals surface area (Å²) < 4.78 is 29.8. The molecule has 0 fully saturated rings. The number of hydrogen-bond acceptors (Lipinski definition) is 5. The molecule has 0 aliphatic carbocycles. The third-order valence-corrected chi connectivity index (χ3v) is 3.94. The van der Waals surface area contributed by atoms with Crippen molar-refractivity contribution in [2.45, 2.75) is 6.42 Å². The van der Waals surface area contributed by atoms with E-state index in [1.54, 1.807) is 12.1 Å². The summed E-state index contributed by atoms with van der Waals surface area (Å²) >= 11 is 0. The van der Waals surface area contributed by atoms with Gasteiger partial charge in [-0.05, 0) is 24.6 Å². The molecule has 2 aromatic rings. The van der Waals surface area contributed by atoms with Crippen molar-refractivity contribution in [3.8, 4) is 17.2 Å². The molecular formula is C19H20FNO6. The Morgan fingerprint density at radius 1 is 1.04 bits per heavy atom. The van der Waals surface area contributed by atoms with Crippen LogP contribution in [-0.4, -0.2) is 44.9 Å². The van der Waals surface area contributed by atoms with Gasteiger partial charge in [0.25, 0.3) is 5.91 Å². The number of hydrogen-bond donors (Lipinski definition) is 2. The minimum absolute atomic E-state index is 0.192. The van der Waals surface area contributed by atoms with Gasteiger partial charge in [0.2, 0.25) is 0 Å². The fourth-order valence-corrected chi connectivity index (χ4v) is 2.55. The fraction of sp³-hybridized carbons (Fsp3) is 0.263. The van der Waals surface area contributed by atoms with Gasteiger partial charge in [-0.15, -0.1) is 0 Å². The molecular weight excluding hydrogens is 357 g/mol. The molecule has 0 radical (unpaired) electrons. The van der Waals surface area contributed by atoms with Gasteiger partial charge >= 0.3 is 5.97 Å². The molecule has 27 heavy (non-hydrogen) atoms. The second-order valence-corrected chi connectivity index (χ2v) is 5.52. The van der Waals surface area contributed by atoms with E-state index in [4.69, 9.17) is 19.3 Å². The van der Waals surface area contributed by atoms with Crippen molar-refractivity contribution in [2.24, 2.45) is 0 Å². The number of carbonyl (C=O) groups excluding carboxylic acids is 1. The van der Waals surface area contributed by atoms with E-state index < -0.39 is 17.7 Å². The summed E-state index contributed by atoms with van der Waals surface area (Å²) in [5.41, 5.74) is 0.271. The van der Waals surface area contributed by atoms with Crippen molar-refractivity contribution in [2.75, 3.05) is 27.9 Å². The van der Waals surface area contributed by atoms with Crippen molar-refractivity contribution in [3.63, 3.8) is 0 Å². The van der Waals surface area contributed by atoms with Crippen LogP contribution >= 0.6 is 0 Å². The zero-order valence-corrected chi connectivity index (χ0v) is 15.2. The average Bonchev–Trinajstić information content (AvgIpc) is 2.67. The number of benzene rings is 2. The Labute approximate surface area is 155 Å². The smallest absolute Gasteiger partial charge is 0.335 e. The maximum absolute atomic E-state index is 14.0. The molecule has 0 saturated heterocycles. The Kier molecular flexibility index (Phi) is 6.59. The van der Waals surface area contributed by atoms with Crippen LogP contribution in [0.3, 0.4) is 0 Å². The van der Waals surface area contributed by atoms with Gasteiger partial charge in [-0.1, -0.05) is 0 Å². The SMILES string of the molecule is COc1cc(OC)c(CCNC(=O)c2ccc(C(=O)O)cc2F)c(OC)c1. The number of methoxy groups -OCH3 is 3. The quantitative estimate of drug-likeness (QED) is 0.734. The fourth-order valence-electron chi connectivity index (χ4n) is 2.55. The van der Waals surface area contributed by atoms with Crippen molar-refractivity contribution >= 4 is 11.9 Å². The van der Waals surface area contributed by atoms with Crippen molar-refractivity contribution in [1.82, 2.24) is 5.32 Å². The first-order chi connectivity index (χ1) is 12.9. The second-order valence-electron chi connectivity index (χ2n) is 5.52. The molecule has 0 bridgehead atoms. The van der Waals surface area contributed by atoms with Crippen molar-refractivity contribution in [3.05, 3.63) is 52.8 Å². The standard InChI is InChI=1S/C19H20FNO6/c1-25-12-9-16(26-2)14(17(10-12)27-3)6-7-21-18(22)13-5-4-11(19(23)24)8-15(13)20/h4-5,8-10H,6-7H2,1-3H3,(H,21,22)(H,23,24). The Morgan fingerprint density at radius 3 is 2.15 bits per heavy atom. The number of halogens is 1. The Balaban J connectivity index is 2.10. The normalized spacial score (nSPS) is 10.2. The number of carbonyl (C=O) groups is 2. The molecule has 7 nitrogen and oxygen atoms in total. The number of ether oxygens (including phenoxy) is 3. The molecule has 0 aliphatic rings. The molecule has 0 aromatic heterocycles. The van der Waals surface area contributed by atoms with E-state index in [0.717, 1.165) is 17.7 Å². The predicted molar refractivity (Wildman–Crippen MR) is 95.5 cm³/mol. The van der Waals surface area contributed by atoms with Crippen LogP contribution in [0.1, 0.15) is 26.3 Å². The van der Waals surface area contributed by atoms with Gasteiger partial charge in [-0.3, -0.25) is 4.79 Å². The number of carboxylic acid groups (broad SMARTS) is 1. The maximum Gasteiger partial charge on any atom is 0.335 e. The van der Waals surface area contributed by atoms with Crippen LogP contribution in [0.5, 0.6) is 17.2 Å². The Bertz CT molecular complexity index is 827. The van der Waals surface area contributed by atoms with Gasteiger partial charge in [-0.2, -0.15) is 0 Å². The van der Waals surface area contributed by atoms with Crippen LogP contribution in [0.15, 0.2) is 30.3 Å². The number of rotatable bonds is 8. The maximum atomic E-state index is 14.0. The lowest BCUT2D eigenvalue weighted by Gasteiger charge is -2.15. The van der Waals surface area contributed by atoms with E-state index in [1.165, 1.54) is 27.4 Å². The van der Waals surface area contributed by atoms with E-state index in [-0.39, 0.29) is 17.7 Å². The highest BCUT2D eigenvalue weighted by atomic mass is 19.1. The Morgan fingerprint density at radius 2 is 1.67 bits per heavy atom. The molecule has 1 amide bonds. The van der Waals surface area contributed by atoms with Gasteiger partial charge in [0.15, 0.2) is 0 Å². The highest BCUT2D eigenvalue weighted by Gasteiger charge is 2.16. The summed E-state index contributed by atoms with van der Waals surface area (Å²) in [6.45, 7) is 0.192. The first kappa shape index (κ1) is 20.0. The summed E-state index contributed by atoms with van der Waals surface area (Å²) in [5, 5.41) is 11.4. The monoisotopic (exact) mass is 377 g/mol. The van der Waals surface area contributed by atoms with Crippen molar-refractivity contribution in [1.29, 1.82) is 0 Å². The number of amides is 1. The van der Waals surface area contributed by atoms with E-state index in [9.17, 15) is 14.0 Å². The lowest BCUT2D eigenvalue weighted by atomic mass is 10.1. The van der Waals surface area contributed by atoms with E-state index in [1.807, 2.05) is 0 Å². The third-order valence-electron chi connectivity index (χ3n) is 3.94. The summed E-state index contributed by atoms with van der Waals surface area (Å²) in [5.74, 6) is -1.16. The lowest BCUT2D eigenvalue weighted by Crippen LogP contribution is -2.27. The van der Waals surface area contributed by atoms with Crippen LogP contribution in [0.25, 0.3) is 0 Å². The van der Waals surface area contributed by atoms with E-state index in [0.29, 0.717) is 23.7 Å². The molecule has 0 atom stereocenters. The number of aromatic carboxylic acids is 1. The predicted octanol–water partition coefficient (Wildman–Crippen LogP) is 2.52. The molecule has 0 spiro atoms. The van der Waals surface area contributed by atoms with Gasteiger partial charge in [0.1, 0.15) is 23.1 Å². The zero-order valence-electron chi connectivity index (χ0n) is 15.2. The summed E-state index contributed by atoms with van der Waals surface area (Å²) in [7, 11) is 4.55. The molecule has 0 heterocycles. The lowest BCUT2D eigenvalue weighted by molar-refractivity contribution is 0.0695. The molecule has 2 rings (SSSR count). The van der Waals surface area contributed by atoms with Crippen LogP contribution in [0, 0.1) is 5.82 Å². The average molecular weight is 377 g/mol. The van der Waals surface area contributed by atoms with Gasteiger partial charge in [-0.25, -0.2) is 9.18 Å². The summed E-state index contributed by atoms with van der Waals surface area (Å²) in [6, 6.07) is 6.53. The molecule has 0 saturated carbocycles. The zero-order chi connectivity index (χ0) is 20.0. The minimum Gasteiger partial charge on any atom is -0.496 e. The van der Waals surface area contributed by atoms with E-state index >= 15 is 0 Å². The molecule has 144 valence electrons. The largest absolute Gasteiger partial charge is 0.496 e. The summed E-state index contributed by atoms with van der Waals surface area (Å²) in [4.78, 5) is 23.0. The molecule has 8 heteroatoms. The highest BCUT2D eigenvalue weighted by Crippen LogP contribution is 2.34. The molecule has 0 aliphatic heterocycles. The first-order valence-electron chi connectivity index (χ1n) is 8.01. The third kappa shape index (κ3) is 4.66. The Hall–Kier alpha value is -3.29. The first-order valence-corrected chi connectivity index (χ1v) is 8.01. The van der Waals surface area contributed by atoms with Crippen molar-refractivity contribution < 1.29 is 33.3 Å². The molecule has 0 unspecified atom stereocenters. The minimum atomic E-state index is -1.26. The number of carboxylic acids is 1. The second kappa shape index (κ2) is 8.88. The van der Waals surface area contributed by atoms with Crippen LogP contribution in [-0.2, 0) is 6.42 Å². The van der Waals surface area contributed by atoms with Gasteiger partial charge in [0, 0.05) is 24.2 Å².